The molecule has 0 unspecified atom stereocenters. The molecule has 0 aliphatic rings. The molecular weight excluding hydrogens is 424 g/mol. The van der Waals surface area contributed by atoms with E-state index in [-0.39, 0.29) is 6.61 Å². The molecule has 0 spiro atoms. The SMILES string of the molecule is CCOC(=O)c1cc2cc(Cl)cc(Br)c2n1CCNC(=O)OC(C)(C)C. The van der Waals surface area contributed by atoms with E-state index >= 15 is 0 Å². The summed E-state index contributed by atoms with van der Waals surface area (Å²) in [7, 11) is 0. The van der Waals surface area contributed by atoms with Gasteiger partial charge in [0.1, 0.15) is 11.3 Å². The van der Waals surface area contributed by atoms with Crippen molar-refractivity contribution in [2.45, 2.75) is 39.8 Å². The van der Waals surface area contributed by atoms with Crippen molar-refractivity contribution in [1.82, 2.24) is 9.88 Å². The highest BCUT2D eigenvalue weighted by Gasteiger charge is 2.20. The summed E-state index contributed by atoms with van der Waals surface area (Å²) < 4.78 is 12.9. The number of carbonyl (C=O) groups is 2. The number of ether oxygens (including phenoxy) is 2. The first kappa shape index (κ1) is 20.6. The third-order valence-electron chi connectivity index (χ3n) is 3.40. The van der Waals surface area contributed by atoms with E-state index in [9.17, 15) is 9.59 Å². The molecule has 1 aromatic carbocycles. The van der Waals surface area contributed by atoms with Crippen LogP contribution in [0.4, 0.5) is 4.79 Å². The van der Waals surface area contributed by atoms with Crippen molar-refractivity contribution in [1.29, 1.82) is 0 Å². The second kappa shape index (κ2) is 8.31. The Kier molecular flexibility index (Phi) is 6.58. The molecule has 0 fully saturated rings. The number of amides is 1. The number of hydrogen-bond donors (Lipinski definition) is 1. The van der Waals surface area contributed by atoms with Crippen LogP contribution < -0.4 is 5.32 Å². The first-order chi connectivity index (χ1) is 12.1. The van der Waals surface area contributed by atoms with Gasteiger partial charge in [-0.1, -0.05) is 11.6 Å². The molecule has 0 atom stereocenters. The van der Waals surface area contributed by atoms with Crippen LogP contribution in [0, 0.1) is 0 Å². The average molecular weight is 446 g/mol. The zero-order chi connectivity index (χ0) is 19.5. The summed E-state index contributed by atoms with van der Waals surface area (Å²) in [6, 6.07) is 5.27. The summed E-state index contributed by atoms with van der Waals surface area (Å²) in [6.45, 7) is 8.08. The van der Waals surface area contributed by atoms with Crippen molar-refractivity contribution in [2.75, 3.05) is 13.2 Å². The van der Waals surface area contributed by atoms with Gasteiger partial charge in [0.05, 0.1) is 12.1 Å². The molecule has 2 rings (SSSR count). The zero-order valence-electron chi connectivity index (χ0n) is 15.2. The molecule has 0 aliphatic heterocycles. The van der Waals surface area contributed by atoms with Crippen molar-refractivity contribution >= 4 is 50.5 Å². The van der Waals surface area contributed by atoms with Gasteiger partial charge in [-0.25, -0.2) is 9.59 Å². The van der Waals surface area contributed by atoms with Crippen molar-refractivity contribution in [3.05, 3.63) is 33.4 Å². The second-order valence-corrected chi connectivity index (χ2v) is 7.95. The number of nitrogens with one attached hydrogen (secondary N) is 1. The van der Waals surface area contributed by atoms with Gasteiger partial charge in [0.2, 0.25) is 0 Å². The van der Waals surface area contributed by atoms with Gasteiger partial charge in [-0.2, -0.15) is 0 Å². The van der Waals surface area contributed by atoms with E-state index in [0.717, 1.165) is 15.4 Å². The molecule has 6 nitrogen and oxygen atoms in total. The normalized spacial score (nSPS) is 11.5. The van der Waals surface area contributed by atoms with Crippen molar-refractivity contribution in [3.63, 3.8) is 0 Å². The van der Waals surface area contributed by atoms with Gasteiger partial charge < -0.3 is 19.4 Å². The van der Waals surface area contributed by atoms with Gasteiger partial charge in [-0.3, -0.25) is 0 Å². The molecular formula is C18H22BrClN2O4. The molecule has 1 N–H and O–H groups in total. The van der Waals surface area contributed by atoms with Gasteiger partial charge in [-0.15, -0.1) is 0 Å². The molecule has 8 heteroatoms. The van der Waals surface area contributed by atoms with Crippen LogP contribution in [-0.4, -0.2) is 35.4 Å². The lowest BCUT2D eigenvalue weighted by Crippen LogP contribution is -2.34. The molecule has 0 bridgehead atoms. The van der Waals surface area contributed by atoms with Crippen LogP contribution in [0.5, 0.6) is 0 Å². The predicted molar refractivity (Wildman–Crippen MR) is 105 cm³/mol. The van der Waals surface area contributed by atoms with E-state index in [1.807, 2.05) is 0 Å². The minimum Gasteiger partial charge on any atom is -0.461 e. The molecule has 0 saturated heterocycles. The molecule has 0 aliphatic carbocycles. The largest absolute Gasteiger partial charge is 0.461 e. The second-order valence-electron chi connectivity index (χ2n) is 6.66. The van der Waals surface area contributed by atoms with Crippen LogP contribution in [0.3, 0.4) is 0 Å². The van der Waals surface area contributed by atoms with Gasteiger partial charge in [0.25, 0.3) is 0 Å². The zero-order valence-corrected chi connectivity index (χ0v) is 17.5. The summed E-state index contributed by atoms with van der Waals surface area (Å²) in [4.78, 5) is 24.1. The van der Waals surface area contributed by atoms with Gasteiger partial charge in [0.15, 0.2) is 0 Å². The number of halogens is 2. The maximum atomic E-state index is 12.3. The Morgan fingerprint density at radius 2 is 1.96 bits per heavy atom. The van der Waals surface area contributed by atoms with E-state index in [4.69, 9.17) is 21.1 Å². The van der Waals surface area contributed by atoms with E-state index < -0.39 is 17.7 Å². The van der Waals surface area contributed by atoms with Crippen molar-refractivity contribution in [3.8, 4) is 0 Å². The number of aromatic nitrogens is 1. The molecule has 142 valence electrons. The van der Waals surface area contributed by atoms with Crippen molar-refractivity contribution < 1.29 is 19.1 Å². The monoisotopic (exact) mass is 444 g/mol. The lowest BCUT2D eigenvalue weighted by atomic mass is 10.2. The fraction of sp³-hybridized carbons (Fsp3) is 0.444. The number of fused-ring (bicyclic) bond motifs is 1. The van der Waals surface area contributed by atoms with Crippen LogP contribution in [0.15, 0.2) is 22.7 Å². The van der Waals surface area contributed by atoms with E-state index in [1.165, 1.54) is 0 Å². The number of hydrogen-bond acceptors (Lipinski definition) is 4. The first-order valence-electron chi connectivity index (χ1n) is 8.24. The fourth-order valence-electron chi connectivity index (χ4n) is 2.52. The Bertz CT molecular complexity index is 827. The number of esters is 1. The molecule has 2 aromatic rings. The molecule has 0 saturated carbocycles. The Morgan fingerprint density at radius 1 is 1.27 bits per heavy atom. The molecule has 1 heterocycles. The number of alkyl carbamates (subject to hydrolysis) is 1. The van der Waals surface area contributed by atoms with Crippen LogP contribution in [-0.2, 0) is 16.0 Å². The Morgan fingerprint density at radius 3 is 2.58 bits per heavy atom. The summed E-state index contributed by atoms with van der Waals surface area (Å²) in [6.07, 6.45) is -0.506. The maximum Gasteiger partial charge on any atom is 0.407 e. The average Bonchev–Trinajstić information content (AvgIpc) is 2.84. The molecule has 1 amide bonds. The number of carbonyl (C=O) groups excluding carboxylic acids is 2. The third kappa shape index (κ3) is 5.14. The number of nitrogens with zero attached hydrogens (tertiary/aromatic N) is 1. The van der Waals surface area contributed by atoms with Crippen molar-refractivity contribution in [2.24, 2.45) is 0 Å². The summed E-state index contributed by atoms with van der Waals surface area (Å²) in [5.41, 5.74) is 0.638. The van der Waals surface area contributed by atoms with Crippen LogP contribution >= 0.6 is 27.5 Å². The van der Waals surface area contributed by atoms with Gasteiger partial charge in [0, 0.05) is 28.0 Å². The van der Waals surface area contributed by atoms with Gasteiger partial charge in [-0.05, 0) is 61.8 Å². The number of benzene rings is 1. The first-order valence-corrected chi connectivity index (χ1v) is 9.41. The molecule has 1 aromatic heterocycles. The highest BCUT2D eigenvalue weighted by Crippen LogP contribution is 2.31. The van der Waals surface area contributed by atoms with E-state index in [2.05, 4.69) is 21.2 Å². The van der Waals surface area contributed by atoms with E-state index in [1.54, 1.807) is 50.5 Å². The van der Waals surface area contributed by atoms with Crippen LogP contribution in [0.2, 0.25) is 5.02 Å². The van der Waals surface area contributed by atoms with Crippen LogP contribution in [0.1, 0.15) is 38.2 Å². The van der Waals surface area contributed by atoms with E-state index in [0.29, 0.717) is 23.8 Å². The third-order valence-corrected chi connectivity index (χ3v) is 4.22. The standard InChI is InChI=1S/C18H22BrClN2O4/c1-5-25-16(23)14-9-11-8-12(20)10-13(19)15(11)22(14)7-6-21-17(24)26-18(2,3)4/h8-10H,5-7H2,1-4H3,(H,21,24). The predicted octanol–water partition coefficient (Wildman–Crippen LogP) is 4.76. The Labute approximate surface area is 165 Å². The molecule has 0 radical (unpaired) electrons. The smallest absolute Gasteiger partial charge is 0.407 e. The van der Waals surface area contributed by atoms with Crippen LogP contribution in [0.25, 0.3) is 10.9 Å². The maximum absolute atomic E-state index is 12.3. The Hall–Kier alpha value is -1.73. The molecule has 26 heavy (non-hydrogen) atoms. The highest BCUT2D eigenvalue weighted by molar-refractivity contribution is 9.10. The quantitative estimate of drug-likeness (QED) is 0.674. The highest BCUT2D eigenvalue weighted by atomic mass is 79.9. The lowest BCUT2D eigenvalue weighted by molar-refractivity contribution is 0.0514. The summed E-state index contributed by atoms with van der Waals surface area (Å²) >= 11 is 9.60. The Balaban J connectivity index is 2.27. The minimum absolute atomic E-state index is 0.276. The fourth-order valence-corrected chi connectivity index (χ4v) is 3.56. The lowest BCUT2D eigenvalue weighted by Gasteiger charge is -2.20. The summed E-state index contributed by atoms with van der Waals surface area (Å²) in [5, 5.41) is 4.06. The minimum atomic E-state index is -0.569. The van der Waals surface area contributed by atoms with Gasteiger partial charge >= 0.3 is 12.1 Å². The topological polar surface area (TPSA) is 69.6 Å². The number of rotatable bonds is 5. The summed E-state index contributed by atoms with van der Waals surface area (Å²) in [5.74, 6) is -0.427.